The summed E-state index contributed by atoms with van der Waals surface area (Å²) in [7, 11) is 0. The number of aryl methyl sites for hydroxylation is 10. The fourth-order valence-electron chi connectivity index (χ4n) is 19.5. The molecule has 0 N–H and O–H groups in total. The van der Waals surface area contributed by atoms with E-state index in [-0.39, 0.29) is 0 Å². The summed E-state index contributed by atoms with van der Waals surface area (Å²) in [6.07, 6.45) is 0. The molecule has 4 nitrogen and oxygen atoms in total. The van der Waals surface area contributed by atoms with Gasteiger partial charge in [0.05, 0.1) is 0 Å². The van der Waals surface area contributed by atoms with Crippen LogP contribution in [0.2, 0.25) is 0 Å². The standard InChI is InChI=1S/2C15H12.4C13H10O.4C13H10S/c1-11-5-4-7-13-10-9-12-6-2-3-8-14(12)15(11)13;1-11-5-4-8-15-13(11)10-9-12-6-2-3-7-14(12)15;1-9-5-4-7-11-10-6-2-3-8-12(10)14-13(9)11;1-9-5-4-8-12-13(9)10-6-2-3-7-11(10)14-12;1-9-6-7-13-11(8-9)10-4-2-3-5-12(10)14-13;1-9-6-7-11-10-4-2-3-5-12(10)14-13(11)8-9;1-9-5-4-7-11-10-6-2-3-8-12(10)14-13(9)11;1-9-5-4-8-12-13(9)10-6-2-3-7-11(10)14-12;1-9-6-7-13-11(8-9)10-4-2-3-5-12(10)14-13;1-9-6-7-11-10-4-2-3-5-12(10)14-13(11)8-9/h2*2-10H,1H3;8*2-8H,1H3. The van der Waals surface area contributed by atoms with Crippen LogP contribution in [-0.2, 0) is 0 Å². The fraction of sp³-hybridized carbons (Fsp3) is 0.0746. The van der Waals surface area contributed by atoms with Crippen LogP contribution >= 0.6 is 45.3 Å². The molecule has 30 rings (SSSR count). The number of thiophene rings is 4. The van der Waals surface area contributed by atoms with Gasteiger partial charge in [-0.05, 0) is 254 Å². The van der Waals surface area contributed by atoms with Crippen molar-refractivity contribution in [1.82, 2.24) is 0 Å². The van der Waals surface area contributed by atoms with Gasteiger partial charge in [-0.25, -0.2) is 0 Å². The van der Waals surface area contributed by atoms with Gasteiger partial charge in [0.15, 0.2) is 0 Å². The van der Waals surface area contributed by atoms with Crippen LogP contribution in [0.3, 0.4) is 0 Å². The minimum Gasteiger partial charge on any atom is -0.456 e. The monoisotopic (exact) mass is 1900 g/mol. The van der Waals surface area contributed by atoms with Crippen molar-refractivity contribution in [3.8, 4) is 0 Å². The van der Waals surface area contributed by atoms with Crippen molar-refractivity contribution in [3.05, 3.63) is 505 Å². The molecule has 8 aromatic heterocycles. The molecule has 0 bridgehead atoms. The summed E-state index contributed by atoms with van der Waals surface area (Å²) >= 11 is 7.51. The quantitative estimate of drug-likeness (QED) is 0.142. The van der Waals surface area contributed by atoms with E-state index in [1.54, 1.807) is 0 Å². The van der Waals surface area contributed by atoms with Crippen LogP contribution < -0.4 is 0 Å². The van der Waals surface area contributed by atoms with Crippen LogP contribution in [0.25, 0.3) is 212 Å². The SMILES string of the molecule is Cc1ccc2c(c1)oc1ccccc12.Cc1ccc2c(c1)sc1ccccc12.Cc1ccc2oc3ccccc3c2c1.Cc1ccc2sc3ccccc3c2c1.Cc1cccc2c1ccc1ccccc12.Cc1cccc2c1oc1ccccc12.Cc1cccc2c1sc1ccccc12.Cc1cccc2ccc3ccccc3c12.Cc1cccc2oc3ccccc3c12.Cc1cccc2sc3ccccc3c12. The summed E-state index contributed by atoms with van der Waals surface area (Å²) in [5, 5.41) is 31.6. The highest BCUT2D eigenvalue weighted by atomic mass is 32.1. The first-order valence-corrected chi connectivity index (χ1v) is 51.5. The lowest BCUT2D eigenvalue weighted by Gasteiger charge is -2.06. The minimum absolute atomic E-state index is 0.966. The smallest absolute Gasteiger partial charge is 0.138 e. The number of fused-ring (bicyclic) bond motifs is 30. The molecule has 0 fully saturated rings. The Morgan fingerprint density at radius 1 is 0.141 bits per heavy atom. The largest absolute Gasteiger partial charge is 0.456 e. The van der Waals surface area contributed by atoms with Gasteiger partial charge in [0.2, 0.25) is 0 Å². The minimum atomic E-state index is 0.966. The summed E-state index contributed by atoms with van der Waals surface area (Å²) in [5.74, 6) is 0. The first-order valence-electron chi connectivity index (χ1n) is 48.3. The van der Waals surface area contributed by atoms with Gasteiger partial charge in [-0.2, -0.15) is 0 Å². The van der Waals surface area contributed by atoms with Crippen molar-refractivity contribution in [2.45, 2.75) is 69.2 Å². The number of rotatable bonds is 0. The van der Waals surface area contributed by atoms with Gasteiger partial charge >= 0.3 is 0 Å². The van der Waals surface area contributed by atoms with E-state index in [0.717, 1.165) is 44.7 Å². The van der Waals surface area contributed by atoms with Crippen molar-refractivity contribution in [2.24, 2.45) is 0 Å². The summed E-state index contributed by atoms with van der Waals surface area (Å²) in [4.78, 5) is 0. The Morgan fingerprint density at radius 2 is 0.486 bits per heavy atom. The zero-order chi connectivity index (χ0) is 96.9. The Kier molecular flexibility index (Phi) is 26.8. The first kappa shape index (κ1) is 92.3. The van der Waals surface area contributed by atoms with Crippen molar-refractivity contribution < 1.29 is 17.7 Å². The van der Waals surface area contributed by atoms with E-state index >= 15 is 0 Å². The van der Waals surface area contributed by atoms with Crippen molar-refractivity contribution in [2.75, 3.05) is 0 Å². The van der Waals surface area contributed by atoms with Gasteiger partial charge in [0.25, 0.3) is 0 Å². The van der Waals surface area contributed by atoms with E-state index in [0.29, 0.717) is 0 Å². The molecular weight excluding hydrogens is 1800 g/mol. The van der Waals surface area contributed by atoms with E-state index in [9.17, 15) is 0 Å². The van der Waals surface area contributed by atoms with Gasteiger partial charge < -0.3 is 17.7 Å². The number of furan rings is 4. The molecule has 0 saturated heterocycles. The Morgan fingerprint density at radius 3 is 1.17 bits per heavy atom. The van der Waals surface area contributed by atoms with Crippen molar-refractivity contribution in [3.63, 3.8) is 0 Å². The second kappa shape index (κ2) is 41.2. The van der Waals surface area contributed by atoms with Gasteiger partial charge in [-0.15, -0.1) is 45.3 Å². The van der Waals surface area contributed by atoms with Crippen LogP contribution in [0.5, 0.6) is 0 Å². The lowest BCUT2D eigenvalue weighted by atomic mass is 9.99. The number of hydrogen-bond donors (Lipinski definition) is 0. The maximum Gasteiger partial charge on any atom is 0.138 e. The predicted molar refractivity (Wildman–Crippen MR) is 622 cm³/mol. The highest BCUT2D eigenvalue weighted by Gasteiger charge is 2.15. The molecule has 0 aliphatic rings. The predicted octanol–water partition coefficient (Wildman–Crippen LogP) is 41.6. The molecule has 0 spiro atoms. The Balaban J connectivity index is 0.0000000934. The third kappa shape index (κ3) is 19.3. The molecule has 688 valence electrons. The Hall–Kier alpha value is -16.0. The van der Waals surface area contributed by atoms with E-state index in [2.05, 4.69) is 427 Å². The van der Waals surface area contributed by atoms with Crippen LogP contribution in [0, 0.1) is 69.2 Å². The van der Waals surface area contributed by atoms with Crippen molar-refractivity contribution in [1.29, 1.82) is 0 Å². The Labute approximate surface area is 841 Å². The third-order valence-electron chi connectivity index (χ3n) is 26.5. The average Bonchev–Trinajstić information content (AvgIpc) is 1.78. The second-order valence-electron chi connectivity index (χ2n) is 36.5. The van der Waals surface area contributed by atoms with Gasteiger partial charge in [-0.3, -0.25) is 0 Å². The molecule has 0 radical (unpaired) electrons. The van der Waals surface area contributed by atoms with Crippen LogP contribution in [-0.4, -0.2) is 0 Å². The summed E-state index contributed by atoms with van der Waals surface area (Å²) in [6.45, 7) is 21.4. The first-order chi connectivity index (χ1) is 69.5. The fourth-order valence-corrected chi connectivity index (χ4v) is 24.1. The number of para-hydroxylation sites is 5. The molecule has 8 heteroatoms. The van der Waals surface area contributed by atoms with E-state index in [1.807, 2.05) is 136 Å². The maximum absolute atomic E-state index is 5.78. The maximum atomic E-state index is 5.78. The van der Waals surface area contributed by atoms with Crippen LogP contribution in [0.15, 0.2) is 467 Å². The summed E-state index contributed by atoms with van der Waals surface area (Å²) in [6, 6.07) is 157. The molecule has 0 saturated carbocycles. The average molecular weight is 1910 g/mol. The zero-order valence-corrected chi connectivity index (χ0v) is 84.3. The van der Waals surface area contributed by atoms with E-state index < -0.39 is 0 Å². The molecule has 0 aliphatic carbocycles. The molecule has 0 unspecified atom stereocenters. The molecule has 30 aromatic rings. The topological polar surface area (TPSA) is 52.6 Å². The molecule has 22 aromatic carbocycles. The van der Waals surface area contributed by atoms with Crippen LogP contribution in [0.4, 0.5) is 0 Å². The second-order valence-corrected chi connectivity index (χ2v) is 40.8. The molecule has 0 aliphatic heterocycles. The number of benzene rings is 22. The normalized spacial score (nSPS) is 11.2. The number of hydrogen-bond acceptors (Lipinski definition) is 8. The third-order valence-corrected chi connectivity index (χ3v) is 31.3. The van der Waals surface area contributed by atoms with E-state index in [1.165, 1.54) is 223 Å². The highest BCUT2D eigenvalue weighted by Crippen LogP contribution is 2.42. The molecular formula is C134H104O4S4. The summed E-state index contributed by atoms with van der Waals surface area (Å²) in [5.41, 5.74) is 20.9. The molecule has 0 amide bonds. The van der Waals surface area contributed by atoms with Crippen LogP contribution in [0.1, 0.15) is 55.6 Å². The van der Waals surface area contributed by atoms with E-state index in [4.69, 9.17) is 17.7 Å². The zero-order valence-electron chi connectivity index (χ0n) is 81.0. The summed E-state index contributed by atoms with van der Waals surface area (Å²) < 4.78 is 34.1. The van der Waals surface area contributed by atoms with Gasteiger partial charge in [0.1, 0.15) is 44.7 Å². The highest BCUT2D eigenvalue weighted by molar-refractivity contribution is 7.27. The molecule has 142 heavy (non-hydrogen) atoms. The molecule has 0 atom stereocenters. The lowest BCUT2D eigenvalue weighted by Crippen LogP contribution is -1.80. The van der Waals surface area contributed by atoms with Crippen molar-refractivity contribution >= 4 is 257 Å². The Bertz CT molecular complexity index is 9370. The van der Waals surface area contributed by atoms with Gasteiger partial charge in [-0.1, -0.05) is 363 Å². The molecule has 8 heterocycles. The lowest BCUT2D eigenvalue weighted by molar-refractivity contribution is 0.665. The van der Waals surface area contributed by atoms with Gasteiger partial charge in [0, 0.05) is 124 Å².